The number of carbonyl (C=O) groups excluding carboxylic acids is 1. The van der Waals surface area contributed by atoms with Crippen LogP contribution in [0.1, 0.15) is 53.3 Å². The predicted octanol–water partition coefficient (Wildman–Crippen LogP) is 7.20. The van der Waals surface area contributed by atoms with Gasteiger partial charge in [0.25, 0.3) is 5.69 Å². The number of aryl methyl sites for hydroxylation is 3. The van der Waals surface area contributed by atoms with E-state index in [-0.39, 0.29) is 40.5 Å². The monoisotopic (exact) mass is 580 g/mol. The number of amides is 1. The molecule has 0 aliphatic heterocycles. The first-order chi connectivity index (χ1) is 17.3. The molecule has 12 heteroatoms. The molecule has 0 atom stereocenters. The Morgan fingerprint density at radius 3 is 2.54 bits per heavy atom. The quantitative estimate of drug-likeness (QED) is 0.224. The van der Waals surface area contributed by atoms with Gasteiger partial charge in [-0.05, 0) is 72.3 Å². The topological polar surface area (TPSA) is 99.3 Å². The molecule has 1 fully saturated rings. The first kappa shape index (κ1) is 26.6. The van der Waals surface area contributed by atoms with E-state index in [1.54, 1.807) is 0 Å². The van der Waals surface area contributed by atoms with Crippen LogP contribution in [0.5, 0.6) is 11.5 Å². The van der Waals surface area contributed by atoms with Crippen molar-refractivity contribution in [2.24, 2.45) is 0 Å². The van der Waals surface area contributed by atoms with Crippen molar-refractivity contribution in [3.63, 3.8) is 0 Å². The van der Waals surface area contributed by atoms with Crippen molar-refractivity contribution < 1.29 is 27.6 Å². The summed E-state index contributed by atoms with van der Waals surface area (Å²) in [5.41, 5.74) is 2.10. The smallest absolute Gasteiger partial charge is 0.436 e. The van der Waals surface area contributed by atoms with Crippen LogP contribution >= 0.6 is 15.9 Å². The summed E-state index contributed by atoms with van der Waals surface area (Å²) in [6, 6.07) is 7.72. The van der Waals surface area contributed by atoms with Crippen LogP contribution in [0.15, 0.2) is 34.8 Å². The molecule has 8 nitrogen and oxygen atoms in total. The molecule has 1 aromatic heterocycles. The van der Waals surface area contributed by atoms with Crippen molar-refractivity contribution >= 4 is 33.2 Å². The average Bonchev–Trinajstić information content (AvgIpc) is 3.57. The van der Waals surface area contributed by atoms with Gasteiger partial charge in [0, 0.05) is 24.5 Å². The fraction of sp³-hybridized carbons (Fsp3) is 0.360. The number of halogens is 4. The number of non-ortho nitro benzene ring substituents is 1. The highest BCUT2D eigenvalue weighted by atomic mass is 79.9. The number of benzene rings is 2. The molecule has 0 radical (unpaired) electrons. The number of alkyl halides is 3. The lowest BCUT2D eigenvalue weighted by Gasteiger charge is -2.13. The number of rotatable bonds is 8. The van der Waals surface area contributed by atoms with E-state index in [2.05, 4.69) is 26.3 Å². The number of hydrogen-bond donors (Lipinski definition) is 1. The van der Waals surface area contributed by atoms with Crippen molar-refractivity contribution in [2.75, 3.05) is 5.32 Å². The van der Waals surface area contributed by atoms with Gasteiger partial charge in [0.2, 0.25) is 5.91 Å². The molecular formula is C25H24BrF3N4O4. The van der Waals surface area contributed by atoms with Crippen molar-refractivity contribution in [1.82, 2.24) is 9.78 Å². The SMILES string of the molecule is Cc1cc(C)c(C)c(Oc2cc(NC(=O)CCn3nc(C(F)(F)F)c(Br)c3C3CC3)cc([N+](=O)[O-])c2)c1. The van der Waals surface area contributed by atoms with Gasteiger partial charge in [-0.1, -0.05) is 6.07 Å². The molecule has 4 rings (SSSR count). The van der Waals surface area contributed by atoms with Crippen molar-refractivity contribution in [3.8, 4) is 11.5 Å². The van der Waals surface area contributed by atoms with Gasteiger partial charge in [0.15, 0.2) is 5.69 Å². The third-order valence-electron chi connectivity index (χ3n) is 6.09. The zero-order chi connectivity index (χ0) is 27.1. The molecule has 0 unspecified atom stereocenters. The average molecular weight is 581 g/mol. The Morgan fingerprint density at radius 1 is 1.22 bits per heavy atom. The van der Waals surface area contributed by atoms with Gasteiger partial charge >= 0.3 is 6.18 Å². The normalized spacial score (nSPS) is 13.5. The van der Waals surface area contributed by atoms with E-state index in [0.717, 1.165) is 29.5 Å². The summed E-state index contributed by atoms with van der Waals surface area (Å²) in [5, 5.41) is 17.8. The summed E-state index contributed by atoms with van der Waals surface area (Å²) in [7, 11) is 0. The number of nitrogens with zero attached hydrogens (tertiary/aromatic N) is 3. The number of carbonyl (C=O) groups is 1. The number of hydrogen-bond acceptors (Lipinski definition) is 5. The van der Waals surface area contributed by atoms with E-state index in [0.29, 0.717) is 11.4 Å². The third-order valence-corrected chi connectivity index (χ3v) is 6.87. The van der Waals surface area contributed by atoms with Gasteiger partial charge < -0.3 is 10.1 Å². The van der Waals surface area contributed by atoms with Crippen LogP contribution in [0, 0.1) is 30.9 Å². The highest BCUT2D eigenvalue weighted by molar-refractivity contribution is 9.10. The highest BCUT2D eigenvalue weighted by Crippen LogP contribution is 2.47. The summed E-state index contributed by atoms with van der Waals surface area (Å²) in [5.74, 6) is 0.134. The Kier molecular flexibility index (Phi) is 7.31. The Balaban J connectivity index is 1.52. The molecule has 196 valence electrons. The van der Waals surface area contributed by atoms with E-state index >= 15 is 0 Å². The maximum atomic E-state index is 13.3. The fourth-order valence-corrected chi connectivity index (χ4v) is 4.87. The number of anilines is 1. The largest absolute Gasteiger partial charge is 0.457 e. The summed E-state index contributed by atoms with van der Waals surface area (Å²) in [6.45, 7) is 5.63. The molecule has 1 amide bonds. The molecule has 37 heavy (non-hydrogen) atoms. The van der Waals surface area contributed by atoms with Crippen LogP contribution in [0.2, 0.25) is 0 Å². The third kappa shape index (κ3) is 6.12. The highest BCUT2D eigenvalue weighted by Gasteiger charge is 2.41. The number of nitrogens with one attached hydrogen (secondary N) is 1. The van der Waals surface area contributed by atoms with E-state index in [1.165, 1.54) is 22.9 Å². The molecule has 1 saturated carbocycles. The Hall–Kier alpha value is -3.41. The number of nitro benzene ring substituents is 1. The number of ether oxygens (including phenoxy) is 1. The molecule has 1 aliphatic carbocycles. The molecule has 1 N–H and O–H groups in total. The maximum Gasteiger partial charge on any atom is 0.436 e. The van der Waals surface area contributed by atoms with Crippen molar-refractivity contribution in [2.45, 2.75) is 58.7 Å². The lowest BCUT2D eigenvalue weighted by molar-refractivity contribution is -0.384. The Bertz CT molecular complexity index is 1380. The van der Waals surface area contributed by atoms with Crippen LogP contribution < -0.4 is 10.1 Å². The standard InChI is InChI=1S/C25H24BrF3N4O4/c1-13-8-14(2)15(3)20(9-13)37-19-11-17(10-18(12-19)33(35)36)30-21(34)6-7-32-23(16-4-5-16)22(26)24(31-32)25(27,28)29/h8-12,16H,4-7H2,1-3H3,(H,30,34). The minimum absolute atomic E-state index is 0.0359. The molecule has 0 spiro atoms. The first-order valence-corrected chi connectivity index (χ1v) is 12.3. The molecule has 1 heterocycles. The number of aromatic nitrogens is 2. The van der Waals surface area contributed by atoms with Gasteiger partial charge in [0.05, 0.1) is 33.4 Å². The van der Waals surface area contributed by atoms with E-state index in [4.69, 9.17) is 4.74 Å². The lowest BCUT2D eigenvalue weighted by atomic mass is 10.1. The van der Waals surface area contributed by atoms with E-state index < -0.39 is 22.7 Å². The minimum Gasteiger partial charge on any atom is -0.457 e. The molecular weight excluding hydrogens is 557 g/mol. The van der Waals surface area contributed by atoms with Crippen LogP contribution in [0.25, 0.3) is 0 Å². The second kappa shape index (κ2) is 10.2. The van der Waals surface area contributed by atoms with E-state index in [1.807, 2.05) is 32.9 Å². The number of nitro groups is 1. The zero-order valence-electron chi connectivity index (χ0n) is 20.3. The second-order valence-corrected chi connectivity index (χ2v) is 9.91. The van der Waals surface area contributed by atoms with Crippen molar-refractivity contribution in [1.29, 1.82) is 0 Å². The summed E-state index contributed by atoms with van der Waals surface area (Å²) in [4.78, 5) is 23.6. The predicted molar refractivity (Wildman–Crippen MR) is 134 cm³/mol. The molecule has 0 saturated heterocycles. The van der Waals surface area contributed by atoms with Crippen LogP contribution in [-0.4, -0.2) is 20.6 Å². The maximum absolute atomic E-state index is 13.3. The molecule has 3 aromatic rings. The molecule has 0 bridgehead atoms. The Labute approximate surface area is 219 Å². The first-order valence-electron chi connectivity index (χ1n) is 11.5. The van der Waals surface area contributed by atoms with Gasteiger partial charge in [0.1, 0.15) is 11.5 Å². The van der Waals surface area contributed by atoms with Gasteiger partial charge in [-0.25, -0.2) is 0 Å². The molecule has 2 aromatic carbocycles. The van der Waals surface area contributed by atoms with Crippen molar-refractivity contribution in [3.05, 3.63) is 73.0 Å². The van der Waals surface area contributed by atoms with Crippen LogP contribution in [0.3, 0.4) is 0 Å². The van der Waals surface area contributed by atoms with Crippen LogP contribution in [0.4, 0.5) is 24.5 Å². The summed E-state index contributed by atoms with van der Waals surface area (Å²) < 4.78 is 47.0. The van der Waals surface area contributed by atoms with Gasteiger partial charge in [-0.15, -0.1) is 0 Å². The van der Waals surface area contributed by atoms with Crippen LogP contribution in [-0.2, 0) is 17.5 Å². The van der Waals surface area contributed by atoms with E-state index in [9.17, 15) is 28.1 Å². The minimum atomic E-state index is -4.62. The zero-order valence-corrected chi connectivity index (χ0v) is 21.9. The van der Waals surface area contributed by atoms with Gasteiger partial charge in [-0.2, -0.15) is 18.3 Å². The lowest BCUT2D eigenvalue weighted by Crippen LogP contribution is -2.16. The summed E-state index contributed by atoms with van der Waals surface area (Å²) >= 11 is 3.03. The van der Waals surface area contributed by atoms with Gasteiger partial charge in [-0.3, -0.25) is 19.6 Å². The fourth-order valence-electron chi connectivity index (χ4n) is 4.04. The Morgan fingerprint density at radius 2 is 1.92 bits per heavy atom. The molecule has 1 aliphatic rings. The summed E-state index contributed by atoms with van der Waals surface area (Å²) in [6.07, 6.45) is -3.29. The second-order valence-electron chi connectivity index (χ2n) is 9.12.